The molecule has 1 saturated carbocycles. The summed E-state index contributed by atoms with van der Waals surface area (Å²) < 4.78 is 5.61. The van der Waals surface area contributed by atoms with E-state index in [1.165, 1.54) is 6.42 Å². The lowest BCUT2D eigenvalue weighted by Crippen LogP contribution is -2.33. The first-order chi connectivity index (χ1) is 5.70. The standard InChI is InChI=1S/C10H20O2/c1-8(2)7-12-10-6-4-3-5-9(10)11/h8-11H,3-7H2,1-2H3. The van der Waals surface area contributed by atoms with Crippen LogP contribution >= 0.6 is 0 Å². The fraction of sp³-hybridized carbons (Fsp3) is 1.00. The van der Waals surface area contributed by atoms with Crippen LogP contribution in [0.15, 0.2) is 0 Å². The van der Waals surface area contributed by atoms with E-state index >= 15 is 0 Å². The molecule has 2 unspecified atom stereocenters. The molecule has 1 rings (SSSR count). The van der Waals surface area contributed by atoms with Crippen molar-refractivity contribution < 1.29 is 9.84 Å². The lowest BCUT2D eigenvalue weighted by Gasteiger charge is -2.28. The Balaban J connectivity index is 2.20. The van der Waals surface area contributed by atoms with Crippen molar-refractivity contribution in [1.29, 1.82) is 0 Å². The summed E-state index contributed by atoms with van der Waals surface area (Å²) in [7, 11) is 0. The molecule has 1 fully saturated rings. The molecule has 12 heavy (non-hydrogen) atoms. The summed E-state index contributed by atoms with van der Waals surface area (Å²) in [4.78, 5) is 0. The Labute approximate surface area is 74.9 Å². The highest BCUT2D eigenvalue weighted by atomic mass is 16.5. The molecule has 2 atom stereocenters. The summed E-state index contributed by atoms with van der Waals surface area (Å²) in [5.41, 5.74) is 0. The lowest BCUT2D eigenvalue weighted by atomic mass is 9.95. The Morgan fingerprint density at radius 3 is 2.58 bits per heavy atom. The average Bonchev–Trinajstić information content (AvgIpc) is 2.03. The molecule has 0 spiro atoms. The first-order valence-corrected chi connectivity index (χ1v) is 5.00. The third-order valence-electron chi connectivity index (χ3n) is 2.31. The van der Waals surface area contributed by atoms with E-state index < -0.39 is 0 Å². The average molecular weight is 172 g/mol. The molecule has 0 bridgehead atoms. The van der Waals surface area contributed by atoms with Crippen LogP contribution in [0.1, 0.15) is 39.5 Å². The van der Waals surface area contributed by atoms with Crippen molar-refractivity contribution in [3.8, 4) is 0 Å². The van der Waals surface area contributed by atoms with E-state index in [9.17, 15) is 5.11 Å². The van der Waals surface area contributed by atoms with Gasteiger partial charge in [-0.3, -0.25) is 0 Å². The van der Waals surface area contributed by atoms with Gasteiger partial charge in [-0.25, -0.2) is 0 Å². The van der Waals surface area contributed by atoms with Gasteiger partial charge in [0.25, 0.3) is 0 Å². The molecule has 0 heterocycles. The summed E-state index contributed by atoms with van der Waals surface area (Å²) in [6, 6.07) is 0. The van der Waals surface area contributed by atoms with Gasteiger partial charge in [0.15, 0.2) is 0 Å². The van der Waals surface area contributed by atoms with Crippen molar-refractivity contribution in [1.82, 2.24) is 0 Å². The summed E-state index contributed by atoms with van der Waals surface area (Å²) in [6.07, 6.45) is 4.22. The molecular formula is C10H20O2. The zero-order valence-electron chi connectivity index (χ0n) is 8.12. The number of rotatable bonds is 3. The van der Waals surface area contributed by atoms with E-state index in [1.807, 2.05) is 0 Å². The van der Waals surface area contributed by atoms with Gasteiger partial charge in [-0.1, -0.05) is 26.7 Å². The van der Waals surface area contributed by atoms with Gasteiger partial charge < -0.3 is 9.84 Å². The second kappa shape index (κ2) is 4.83. The lowest BCUT2D eigenvalue weighted by molar-refractivity contribution is -0.0660. The van der Waals surface area contributed by atoms with E-state index in [1.54, 1.807) is 0 Å². The molecule has 0 aromatic rings. The van der Waals surface area contributed by atoms with Gasteiger partial charge in [-0.05, 0) is 18.8 Å². The van der Waals surface area contributed by atoms with Crippen LogP contribution in [0.25, 0.3) is 0 Å². The number of aliphatic hydroxyl groups excluding tert-OH is 1. The summed E-state index contributed by atoms with van der Waals surface area (Å²) >= 11 is 0. The quantitative estimate of drug-likeness (QED) is 0.705. The highest BCUT2D eigenvalue weighted by Gasteiger charge is 2.23. The SMILES string of the molecule is CC(C)COC1CCCCC1O. The Morgan fingerprint density at radius 1 is 1.33 bits per heavy atom. The first-order valence-electron chi connectivity index (χ1n) is 5.00. The van der Waals surface area contributed by atoms with Crippen molar-refractivity contribution in [2.24, 2.45) is 5.92 Å². The highest BCUT2D eigenvalue weighted by Crippen LogP contribution is 2.21. The Kier molecular flexibility index (Phi) is 4.02. The molecule has 0 aliphatic heterocycles. The van der Waals surface area contributed by atoms with Crippen LogP contribution in [-0.2, 0) is 4.74 Å². The minimum Gasteiger partial charge on any atom is -0.390 e. The Morgan fingerprint density at radius 2 is 2.00 bits per heavy atom. The predicted molar refractivity (Wildman–Crippen MR) is 49.1 cm³/mol. The minimum atomic E-state index is -0.211. The summed E-state index contributed by atoms with van der Waals surface area (Å²) in [5, 5.41) is 9.56. The van der Waals surface area contributed by atoms with Crippen molar-refractivity contribution in [2.75, 3.05) is 6.61 Å². The normalized spacial score (nSPS) is 31.0. The molecule has 2 heteroatoms. The van der Waals surface area contributed by atoms with Crippen LogP contribution in [-0.4, -0.2) is 23.9 Å². The second-order valence-electron chi connectivity index (χ2n) is 4.12. The molecule has 2 nitrogen and oxygen atoms in total. The zero-order valence-corrected chi connectivity index (χ0v) is 8.12. The largest absolute Gasteiger partial charge is 0.390 e. The van der Waals surface area contributed by atoms with E-state index in [-0.39, 0.29) is 12.2 Å². The Hall–Kier alpha value is -0.0800. The molecule has 1 aliphatic rings. The van der Waals surface area contributed by atoms with Gasteiger partial charge in [0.1, 0.15) is 0 Å². The van der Waals surface area contributed by atoms with E-state index in [0.29, 0.717) is 5.92 Å². The number of hydrogen-bond acceptors (Lipinski definition) is 2. The molecule has 0 aromatic carbocycles. The molecular weight excluding hydrogens is 152 g/mol. The maximum atomic E-state index is 9.56. The molecule has 1 aliphatic carbocycles. The predicted octanol–water partition coefficient (Wildman–Crippen LogP) is 1.96. The monoisotopic (exact) mass is 172 g/mol. The number of aliphatic hydroxyl groups is 1. The number of ether oxygens (including phenoxy) is 1. The van der Waals surface area contributed by atoms with Crippen molar-refractivity contribution in [3.63, 3.8) is 0 Å². The van der Waals surface area contributed by atoms with Crippen LogP contribution < -0.4 is 0 Å². The number of hydrogen-bond donors (Lipinski definition) is 1. The topological polar surface area (TPSA) is 29.5 Å². The Bertz CT molecular complexity index is 123. The van der Waals surface area contributed by atoms with E-state index in [4.69, 9.17) is 4.74 Å². The van der Waals surface area contributed by atoms with Crippen molar-refractivity contribution in [3.05, 3.63) is 0 Å². The third kappa shape index (κ3) is 3.11. The second-order valence-corrected chi connectivity index (χ2v) is 4.12. The van der Waals surface area contributed by atoms with Gasteiger partial charge >= 0.3 is 0 Å². The molecule has 0 radical (unpaired) electrons. The maximum absolute atomic E-state index is 9.56. The molecule has 0 amide bonds. The highest BCUT2D eigenvalue weighted by molar-refractivity contribution is 4.74. The van der Waals surface area contributed by atoms with Crippen LogP contribution in [0.3, 0.4) is 0 Å². The van der Waals surface area contributed by atoms with Crippen molar-refractivity contribution in [2.45, 2.75) is 51.7 Å². The third-order valence-corrected chi connectivity index (χ3v) is 2.31. The van der Waals surface area contributed by atoms with Crippen LogP contribution in [0.4, 0.5) is 0 Å². The smallest absolute Gasteiger partial charge is 0.0834 e. The fourth-order valence-electron chi connectivity index (χ4n) is 1.59. The molecule has 72 valence electrons. The summed E-state index contributed by atoms with van der Waals surface area (Å²) in [5.74, 6) is 0.569. The van der Waals surface area contributed by atoms with Crippen LogP contribution in [0, 0.1) is 5.92 Å². The van der Waals surface area contributed by atoms with Gasteiger partial charge in [0.2, 0.25) is 0 Å². The fourth-order valence-corrected chi connectivity index (χ4v) is 1.59. The first kappa shape index (κ1) is 10.0. The molecule has 0 saturated heterocycles. The minimum absolute atomic E-state index is 0.112. The van der Waals surface area contributed by atoms with Gasteiger partial charge in [-0.15, -0.1) is 0 Å². The zero-order chi connectivity index (χ0) is 8.97. The van der Waals surface area contributed by atoms with Gasteiger partial charge in [0.05, 0.1) is 12.2 Å². The van der Waals surface area contributed by atoms with Crippen molar-refractivity contribution >= 4 is 0 Å². The van der Waals surface area contributed by atoms with Gasteiger partial charge in [-0.2, -0.15) is 0 Å². The van der Waals surface area contributed by atoms with Crippen LogP contribution in [0.5, 0.6) is 0 Å². The maximum Gasteiger partial charge on any atom is 0.0834 e. The van der Waals surface area contributed by atoms with E-state index in [2.05, 4.69) is 13.8 Å². The van der Waals surface area contributed by atoms with E-state index in [0.717, 1.165) is 25.9 Å². The van der Waals surface area contributed by atoms with Gasteiger partial charge in [0, 0.05) is 6.61 Å². The molecule has 1 N–H and O–H groups in total. The van der Waals surface area contributed by atoms with Crippen LogP contribution in [0.2, 0.25) is 0 Å². The summed E-state index contributed by atoms with van der Waals surface area (Å²) in [6.45, 7) is 5.05. The molecule has 0 aromatic heterocycles.